The van der Waals surface area contributed by atoms with Gasteiger partial charge in [-0.3, -0.25) is 9.69 Å². The van der Waals surface area contributed by atoms with E-state index < -0.39 is 0 Å². The average Bonchev–Trinajstić information content (AvgIpc) is 2.54. The molecule has 1 N–H and O–H groups in total. The number of rotatable bonds is 7. The van der Waals surface area contributed by atoms with Crippen molar-refractivity contribution in [1.29, 1.82) is 0 Å². The normalized spacial score (nSPS) is 18.7. The Kier molecular flexibility index (Phi) is 7.06. The Bertz CT molecular complexity index is 468. The van der Waals surface area contributed by atoms with Crippen LogP contribution in [0.2, 0.25) is 0 Å². The number of amides is 1. The summed E-state index contributed by atoms with van der Waals surface area (Å²) in [4.78, 5) is 16.6. The number of hydrogen-bond donors (Lipinski definition) is 1. The lowest BCUT2D eigenvalue weighted by Crippen LogP contribution is -2.50. The molecule has 0 aromatic heterocycles. The van der Waals surface area contributed by atoms with Gasteiger partial charge in [0.2, 0.25) is 5.91 Å². The highest BCUT2D eigenvalue weighted by Crippen LogP contribution is 2.15. The minimum atomic E-state index is -0.296. The van der Waals surface area contributed by atoms with Crippen molar-refractivity contribution in [3.63, 3.8) is 0 Å². The van der Waals surface area contributed by atoms with Crippen LogP contribution in [0.15, 0.2) is 30.3 Å². The van der Waals surface area contributed by atoms with Crippen molar-refractivity contribution in [3.05, 3.63) is 35.9 Å². The topological polar surface area (TPSA) is 43.8 Å². The fourth-order valence-electron chi connectivity index (χ4n) is 3.14. The maximum absolute atomic E-state index is 12.4. The summed E-state index contributed by atoms with van der Waals surface area (Å²) in [6, 6.07) is 10.5. The molecule has 2 rings (SSSR count). The Morgan fingerprint density at radius 3 is 2.39 bits per heavy atom. The lowest BCUT2D eigenvalue weighted by atomic mass is 9.97. The first kappa shape index (κ1) is 18.0. The van der Waals surface area contributed by atoms with Crippen LogP contribution in [0.4, 0.5) is 0 Å². The Balaban J connectivity index is 1.68. The highest BCUT2D eigenvalue weighted by atomic mass is 16.3. The zero-order chi connectivity index (χ0) is 16.7. The van der Waals surface area contributed by atoms with Crippen LogP contribution < -0.4 is 0 Å². The number of nitrogens with zero attached hydrogens (tertiary/aromatic N) is 2. The van der Waals surface area contributed by atoms with E-state index in [0.717, 1.165) is 39.0 Å². The quantitative estimate of drug-likeness (QED) is 0.838. The molecule has 0 radical (unpaired) electrons. The fraction of sp³-hybridized carbons (Fsp3) is 0.632. The van der Waals surface area contributed by atoms with Gasteiger partial charge in [0.05, 0.1) is 6.10 Å². The van der Waals surface area contributed by atoms with Crippen LogP contribution in [-0.4, -0.2) is 59.6 Å². The standard InChI is InChI=1S/C19H30N2O2/c1-16(8-9-18-6-4-3-5-7-18)14-19(23)21-12-10-20(11-13-21)15-17(2)22/h3-7,16-17,22H,8-15H2,1-2H3/t16-,17-/m1/s1. The van der Waals surface area contributed by atoms with Crippen LogP contribution in [0.5, 0.6) is 0 Å². The molecule has 2 atom stereocenters. The van der Waals surface area contributed by atoms with E-state index >= 15 is 0 Å². The van der Waals surface area contributed by atoms with Crippen molar-refractivity contribution in [2.24, 2.45) is 5.92 Å². The van der Waals surface area contributed by atoms with Gasteiger partial charge in [-0.15, -0.1) is 0 Å². The third kappa shape index (κ3) is 6.32. The van der Waals surface area contributed by atoms with Gasteiger partial charge in [0.15, 0.2) is 0 Å². The van der Waals surface area contributed by atoms with E-state index in [0.29, 0.717) is 18.9 Å². The van der Waals surface area contributed by atoms with Crippen LogP contribution in [0, 0.1) is 5.92 Å². The predicted octanol–water partition coefficient (Wildman–Crippen LogP) is 2.17. The largest absolute Gasteiger partial charge is 0.392 e. The van der Waals surface area contributed by atoms with Gasteiger partial charge in [-0.25, -0.2) is 0 Å². The molecule has 128 valence electrons. The molecule has 1 aliphatic heterocycles. The molecule has 4 heteroatoms. The van der Waals surface area contributed by atoms with Crippen LogP contribution in [-0.2, 0) is 11.2 Å². The number of piperazine rings is 1. The fourth-order valence-corrected chi connectivity index (χ4v) is 3.14. The van der Waals surface area contributed by atoms with E-state index in [4.69, 9.17) is 0 Å². The number of aliphatic hydroxyl groups is 1. The molecule has 0 saturated carbocycles. The predicted molar refractivity (Wildman–Crippen MR) is 93.2 cm³/mol. The molecule has 23 heavy (non-hydrogen) atoms. The third-order valence-corrected chi connectivity index (χ3v) is 4.54. The van der Waals surface area contributed by atoms with Gasteiger partial charge in [0.25, 0.3) is 0 Å². The van der Waals surface area contributed by atoms with Crippen molar-refractivity contribution in [2.75, 3.05) is 32.7 Å². The molecule has 1 fully saturated rings. The summed E-state index contributed by atoms with van der Waals surface area (Å²) in [6.07, 6.45) is 2.44. The summed E-state index contributed by atoms with van der Waals surface area (Å²) in [7, 11) is 0. The van der Waals surface area contributed by atoms with Crippen molar-refractivity contribution in [3.8, 4) is 0 Å². The highest BCUT2D eigenvalue weighted by Gasteiger charge is 2.22. The van der Waals surface area contributed by atoms with Gasteiger partial charge in [0, 0.05) is 39.1 Å². The molecule has 0 bridgehead atoms. The number of hydrogen-bond acceptors (Lipinski definition) is 3. The second kappa shape index (κ2) is 9.04. The van der Waals surface area contributed by atoms with E-state index in [2.05, 4.69) is 36.1 Å². The van der Waals surface area contributed by atoms with E-state index in [9.17, 15) is 9.90 Å². The zero-order valence-corrected chi connectivity index (χ0v) is 14.4. The molecule has 0 unspecified atom stereocenters. The van der Waals surface area contributed by atoms with E-state index in [1.165, 1.54) is 5.56 Å². The van der Waals surface area contributed by atoms with Crippen LogP contribution in [0.25, 0.3) is 0 Å². The second-order valence-electron chi connectivity index (χ2n) is 6.86. The number of carbonyl (C=O) groups excluding carboxylic acids is 1. The summed E-state index contributed by atoms with van der Waals surface area (Å²) >= 11 is 0. The smallest absolute Gasteiger partial charge is 0.222 e. The molecule has 0 aliphatic carbocycles. The van der Waals surface area contributed by atoms with E-state index in [1.807, 2.05) is 17.9 Å². The van der Waals surface area contributed by atoms with Crippen molar-refractivity contribution >= 4 is 5.91 Å². The molecule has 4 nitrogen and oxygen atoms in total. The average molecular weight is 318 g/mol. The van der Waals surface area contributed by atoms with Gasteiger partial charge < -0.3 is 10.0 Å². The second-order valence-corrected chi connectivity index (χ2v) is 6.86. The Morgan fingerprint density at radius 1 is 1.13 bits per heavy atom. The number of aryl methyl sites for hydroxylation is 1. The number of benzene rings is 1. The SMILES string of the molecule is C[C@H](CCc1ccccc1)CC(=O)N1CCN(C[C@@H](C)O)CC1. The summed E-state index contributed by atoms with van der Waals surface area (Å²) in [5.74, 6) is 0.695. The zero-order valence-electron chi connectivity index (χ0n) is 14.4. The monoisotopic (exact) mass is 318 g/mol. The van der Waals surface area contributed by atoms with E-state index in [1.54, 1.807) is 0 Å². The highest BCUT2D eigenvalue weighted by molar-refractivity contribution is 5.76. The summed E-state index contributed by atoms with van der Waals surface area (Å²) in [5, 5.41) is 9.43. The maximum atomic E-state index is 12.4. The molecular weight excluding hydrogens is 288 g/mol. The molecule has 1 saturated heterocycles. The Hall–Kier alpha value is -1.39. The van der Waals surface area contributed by atoms with Crippen molar-refractivity contribution in [2.45, 2.75) is 39.2 Å². The molecule has 1 heterocycles. The van der Waals surface area contributed by atoms with Crippen LogP contribution in [0.3, 0.4) is 0 Å². The Morgan fingerprint density at radius 2 is 1.78 bits per heavy atom. The van der Waals surface area contributed by atoms with Crippen LogP contribution >= 0.6 is 0 Å². The lowest BCUT2D eigenvalue weighted by Gasteiger charge is -2.35. The summed E-state index contributed by atoms with van der Waals surface area (Å²) in [5.41, 5.74) is 1.35. The molecular formula is C19H30N2O2. The molecule has 0 spiro atoms. The first-order chi connectivity index (χ1) is 11.0. The summed E-state index contributed by atoms with van der Waals surface area (Å²) < 4.78 is 0. The molecule has 1 aliphatic rings. The minimum absolute atomic E-state index is 0.280. The molecule has 1 amide bonds. The van der Waals surface area contributed by atoms with E-state index in [-0.39, 0.29) is 12.0 Å². The first-order valence-electron chi connectivity index (χ1n) is 8.76. The molecule has 1 aromatic rings. The minimum Gasteiger partial charge on any atom is -0.392 e. The van der Waals surface area contributed by atoms with Gasteiger partial charge in [-0.1, -0.05) is 37.3 Å². The first-order valence-corrected chi connectivity index (χ1v) is 8.76. The van der Waals surface area contributed by atoms with Crippen LogP contribution in [0.1, 0.15) is 32.3 Å². The number of β-amino-alcohol motifs (C(OH)–C–C–N with tert-alkyl or cyclic N) is 1. The summed E-state index contributed by atoms with van der Waals surface area (Å²) in [6.45, 7) is 8.00. The number of carbonyl (C=O) groups is 1. The van der Waals surface area contributed by atoms with Gasteiger partial charge in [-0.2, -0.15) is 0 Å². The molecule has 1 aromatic carbocycles. The third-order valence-electron chi connectivity index (χ3n) is 4.54. The number of aliphatic hydroxyl groups excluding tert-OH is 1. The van der Waals surface area contributed by atoms with Crippen molar-refractivity contribution in [1.82, 2.24) is 9.80 Å². The van der Waals surface area contributed by atoms with Gasteiger partial charge in [0.1, 0.15) is 0 Å². The Labute approximate surface area is 140 Å². The maximum Gasteiger partial charge on any atom is 0.222 e. The lowest BCUT2D eigenvalue weighted by molar-refractivity contribution is -0.134. The van der Waals surface area contributed by atoms with Crippen molar-refractivity contribution < 1.29 is 9.90 Å². The van der Waals surface area contributed by atoms with Gasteiger partial charge in [-0.05, 0) is 31.2 Å². The van der Waals surface area contributed by atoms with Gasteiger partial charge >= 0.3 is 0 Å².